The Labute approximate surface area is 104 Å². The zero-order chi connectivity index (χ0) is 12.7. The van der Waals surface area contributed by atoms with Crippen molar-refractivity contribution in [3.8, 4) is 5.75 Å². The molecule has 0 atom stereocenters. The molecule has 1 aliphatic rings. The second-order valence-corrected chi connectivity index (χ2v) is 5.90. The summed E-state index contributed by atoms with van der Waals surface area (Å²) in [6.07, 6.45) is 0. The summed E-state index contributed by atoms with van der Waals surface area (Å²) >= 11 is 0. The number of hydrogen-bond acceptors (Lipinski definition) is 3. The van der Waals surface area contributed by atoms with E-state index in [2.05, 4.69) is 44.4 Å². The summed E-state index contributed by atoms with van der Waals surface area (Å²) in [4.78, 5) is 0. The fraction of sp³-hybridized carbons (Fsp3) is 0.571. The number of ether oxygens (including phenoxy) is 1. The fourth-order valence-corrected chi connectivity index (χ4v) is 1.95. The molecule has 2 N–H and O–H groups in total. The third-order valence-corrected chi connectivity index (χ3v) is 4.09. The predicted octanol–water partition coefficient (Wildman–Crippen LogP) is 3.34. The van der Waals surface area contributed by atoms with Gasteiger partial charge in [0.25, 0.3) is 0 Å². The first-order valence-corrected chi connectivity index (χ1v) is 6.06. The maximum atomic E-state index is 5.26. The van der Waals surface area contributed by atoms with Crippen molar-refractivity contribution in [2.45, 2.75) is 33.2 Å². The molecule has 1 aromatic rings. The van der Waals surface area contributed by atoms with Crippen molar-refractivity contribution in [1.29, 1.82) is 0 Å². The van der Waals surface area contributed by atoms with Gasteiger partial charge in [0.15, 0.2) is 0 Å². The summed E-state index contributed by atoms with van der Waals surface area (Å²) in [6, 6.07) is 6.10. The molecule has 0 radical (unpaired) electrons. The standard InChI is InChI=1S/C14H22N2O/c1-13(2)9-15-12-8-10(17-5)6-7-11(12)16-14(13,3)4/h6-8,15-16H,9H2,1-5H3. The molecule has 0 spiro atoms. The summed E-state index contributed by atoms with van der Waals surface area (Å²) in [5.41, 5.74) is 2.46. The van der Waals surface area contributed by atoms with E-state index in [0.29, 0.717) is 0 Å². The summed E-state index contributed by atoms with van der Waals surface area (Å²) in [5, 5.41) is 7.13. The van der Waals surface area contributed by atoms with E-state index in [9.17, 15) is 0 Å². The lowest BCUT2D eigenvalue weighted by molar-refractivity contribution is 0.245. The van der Waals surface area contributed by atoms with Crippen LogP contribution in [0.25, 0.3) is 0 Å². The number of fused-ring (bicyclic) bond motifs is 1. The average molecular weight is 234 g/mol. The van der Waals surface area contributed by atoms with Gasteiger partial charge in [-0.3, -0.25) is 0 Å². The van der Waals surface area contributed by atoms with Gasteiger partial charge < -0.3 is 15.4 Å². The lowest BCUT2D eigenvalue weighted by atomic mass is 9.74. The molecule has 1 aromatic carbocycles. The monoisotopic (exact) mass is 234 g/mol. The minimum Gasteiger partial charge on any atom is -0.497 e. The third kappa shape index (κ3) is 2.06. The minimum atomic E-state index is 0.0415. The molecule has 0 bridgehead atoms. The molecule has 0 fully saturated rings. The number of hydrogen-bond donors (Lipinski definition) is 2. The Morgan fingerprint density at radius 2 is 1.82 bits per heavy atom. The van der Waals surface area contributed by atoms with Gasteiger partial charge in [0.2, 0.25) is 0 Å². The van der Waals surface area contributed by atoms with E-state index in [1.807, 2.05) is 12.1 Å². The quantitative estimate of drug-likeness (QED) is 0.782. The normalized spacial score (nSPS) is 20.5. The van der Waals surface area contributed by atoms with Crippen LogP contribution in [0.2, 0.25) is 0 Å². The highest BCUT2D eigenvalue weighted by Crippen LogP contribution is 2.40. The maximum Gasteiger partial charge on any atom is 0.121 e. The van der Waals surface area contributed by atoms with E-state index in [-0.39, 0.29) is 11.0 Å². The molecular weight excluding hydrogens is 212 g/mol. The molecule has 3 heteroatoms. The van der Waals surface area contributed by atoms with E-state index in [4.69, 9.17) is 4.74 Å². The lowest BCUT2D eigenvalue weighted by Crippen LogP contribution is -2.47. The first kappa shape index (κ1) is 12.1. The van der Waals surface area contributed by atoms with Crippen molar-refractivity contribution >= 4 is 11.4 Å². The molecule has 0 saturated heterocycles. The van der Waals surface area contributed by atoms with Crippen molar-refractivity contribution in [2.75, 3.05) is 24.3 Å². The zero-order valence-corrected chi connectivity index (χ0v) is 11.3. The van der Waals surface area contributed by atoms with Gasteiger partial charge in [-0.15, -0.1) is 0 Å². The summed E-state index contributed by atoms with van der Waals surface area (Å²) in [6.45, 7) is 9.97. The summed E-state index contributed by atoms with van der Waals surface area (Å²) in [7, 11) is 1.69. The first-order chi connectivity index (χ1) is 7.86. The highest BCUT2D eigenvalue weighted by molar-refractivity contribution is 5.72. The fourth-order valence-electron chi connectivity index (χ4n) is 1.95. The first-order valence-electron chi connectivity index (χ1n) is 6.06. The highest BCUT2D eigenvalue weighted by Gasteiger charge is 2.39. The van der Waals surface area contributed by atoms with Gasteiger partial charge in [0.1, 0.15) is 5.75 Å². The molecule has 3 nitrogen and oxygen atoms in total. The minimum absolute atomic E-state index is 0.0415. The largest absolute Gasteiger partial charge is 0.497 e. The molecule has 2 rings (SSSR count). The van der Waals surface area contributed by atoms with Gasteiger partial charge in [0.05, 0.1) is 18.5 Å². The van der Waals surface area contributed by atoms with Crippen LogP contribution in [0.3, 0.4) is 0 Å². The Morgan fingerprint density at radius 1 is 1.12 bits per heavy atom. The van der Waals surface area contributed by atoms with Crippen LogP contribution in [-0.2, 0) is 0 Å². The van der Waals surface area contributed by atoms with Gasteiger partial charge in [-0.05, 0) is 26.0 Å². The molecule has 0 aliphatic carbocycles. The van der Waals surface area contributed by atoms with Crippen molar-refractivity contribution in [3.63, 3.8) is 0 Å². The third-order valence-electron chi connectivity index (χ3n) is 4.09. The number of nitrogens with one attached hydrogen (secondary N) is 2. The van der Waals surface area contributed by atoms with E-state index in [0.717, 1.165) is 23.7 Å². The Hall–Kier alpha value is -1.38. The van der Waals surface area contributed by atoms with Crippen molar-refractivity contribution in [2.24, 2.45) is 5.41 Å². The number of anilines is 2. The average Bonchev–Trinajstić information content (AvgIpc) is 2.34. The van der Waals surface area contributed by atoms with Crippen molar-refractivity contribution in [1.82, 2.24) is 0 Å². The van der Waals surface area contributed by atoms with E-state index in [1.165, 1.54) is 0 Å². The molecule has 0 aromatic heterocycles. The van der Waals surface area contributed by atoms with Crippen LogP contribution in [-0.4, -0.2) is 19.2 Å². The second-order valence-electron chi connectivity index (χ2n) is 5.90. The van der Waals surface area contributed by atoms with Crippen LogP contribution in [0, 0.1) is 5.41 Å². The molecule has 0 saturated carbocycles. The molecule has 0 unspecified atom stereocenters. The molecule has 0 amide bonds. The Morgan fingerprint density at radius 3 is 2.47 bits per heavy atom. The van der Waals surface area contributed by atoms with E-state index >= 15 is 0 Å². The molecule has 17 heavy (non-hydrogen) atoms. The maximum absolute atomic E-state index is 5.26. The SMILES string of the molecule is COc1ccc2c(c1)NCC(C)(C)C(C)(C)N2. The molecule has 94 valence electrons. The van der Waals surface area contributed by atoms with Crippen LogP contribution >= 0.6 is 0 Å². The predicted molar refractivity (Wildman–Crippen MR) is 73.0 cm³/mol. The Kier molecular flexibility index (Phi) is 2.72. The van der Waals surface area contributed by atoms with Crippen LogP contribution in [0.5, 0.6) is 5.75 Å². The van der Waals surface area contributed by atoms with Gasteiger partial charge in [-0.25, -0.2) is 0 Å². The van der Waals surface area contributed by atoms with Gasteiger partial charge in [-0.1, -0.05) is 13.8 Å². The van der Waals surface area contributed by atoms with E-state index in [1.54, 1.807) is 7.11 Å². The Bertz CT molecular complexity index is 424. The van der Waals surface area contributed by atoms with Crippen LogP contribution in [0.1, 0.15) is 27.7 Å². The van der Waals surface area contributed by atoms with Crippen molar-refractivity contribution < 1.29 is 4.74 Å². The molecule has 1 aliphatic heterocycles. The van der Waals surface area contributed by atoms with Crippen LogP contribution < -0.4 is 15.4 Å². The van der Waals surface area contributed by atoms with Gasteiger partial charge in [0, 0.05) is 23.6 Å². The highest BCUT2D eigenvalue weighted by atomic mass is 16.5. The number of rotatable bonds is 1. The lowest BCUT2D eigenvalue weighted by Gasteiger charge is -2.41. The van der Waals surface area contributed by atoms with Crippen LogP contribution in [0.4, 0.5) is 11.4 Å². The smallest absolute Gasteiger partial charge is 0.121 e. The molecule has 1 heterocycles. The second kappa shape index (κ2) is 3.83. The van der Waals surface area contributed by atoms with Crippen molar-refractivity contribution in [3.05, 3.63) is 18.2 Å². The molecular formula is C14H22N2O. The topological polar surface area (TPSA) is 33.3 Å². The summed E-state index contributed by atoms with van der Waals surface area (Å²) in [5.74, 6) is 0.885. The van der Waals surface area contributed by atoms with E-state index < -0.39 is 0 Å². The Balaban J connectivity index is 2.40. The summed E-state index contributed by atoms with van der Waals surface area (Å²) < 4.78 is 5.26. The zero-order valence-electron chi connectivity index (χ0n) is 11.3. The van der Waals surface area contributed by atoms with Gasteiger partial charge >= 0.3 is 0 Å². The van der Waals surface area contributed by atoms with Crippen LogP contribution in [0.15, 0.2) is 18.2 Å². The van der Waals surface area contributed by atoms with Gasteiger partial charge in [-0.2, -0.15) is 0 Å². The number of methoxy groups -OCH3 is 1. The number of benzene rings is 1.